The summed E-state index contributed by atoms with van der Waals surface area (Å²) in [5, 5.41) is 7.72. The highest BCUT2D eigenvalue weighted by Crippen LogP contribution is 2.30. The molecule has 1 aliphatic heterocycles. The molecule has 1 atom stereocenters. The lowest BCUT2D eigenvalue weighted by atomic mass is 9.99. The number of fused-ring (bicyclic) bond motifs is 1. The molecule has 0 saturated carbocycles. The normalized spacial score (nSPS) is 14.1. The minimum Gasteiger partial charge on any atom is -0.497 e. The molecule has 0 radical (unpaired) electrons. The molecule has 4 rings (SSSR count). The maximum Gasteiger partial charge on any atom is 0.272 e. The molecule has 0 saturated heterocycles. The molecule has 2 heterocycles. The fraction of sp³-hybridized carbons (Fsp3) is 0.429. The van der Waals surface area contributed by atoms with Gasteiger partial charge in [-0.15, -0.1) is 0 Å². The van der Waals surface area contributed by atoms with Gasteiger partial charge in [0.1, 0.15) is 5.75 Å². The molecule has 3 aromatic rings. The van der Waals surface area contributed by atoms with Gasteiger partial charge in [0, 0.05) is 43.4 Å². The van der Waals surface area contributed by atoms with Crippen LogP contribution in [0, 0.1) is 0 Å². The maximum absolute atomic E-state index is 12.9. The fourth-order valence-corrected chi connectivity index (χ4v) is 4.87. The van der Waals surface area contributed by atoms with Gasteiger partial charge in [0.05, 0.1) is 27.9 Å². The van der Waals surface area contributed by atoms with Crippen molar-refractivity contribution >= 4 is 5.91 Å². The standard InChI is InChI=1S/C28H36N4O4/c1-6-29-28(33)27-23-18-31(19(2)14-20-10-11-25(35-4)26(16-20)36-5)13-12-24(23)32(30-27)17-21-8-7-9-22(15-21)34-3/h7-11,15-16,19H,6,12-14,17-18H2,1-5H3,(H,29,33). The number of hydrogen-bond donors (Lipinski definition) is 1. The number of carbonyl (C=O) groups is 1. The highest BCUT2D eigenvalue weighted by molar-refractivity contribution is 5.94. The lowest BCUT2D eigenvalue weighted by Crippen LogP contribution is -2.39. The first-order chi connectivity index (χ1) is 17.5. The molecule has 36 heavy (non-hydrogen) atoms. The van der Waals surface area contributed by atoms with Crippen LogP contribution in [-0.4, -0.2) is 61.0 Å². The average molecular weight is 493 g/mol. The monoisotopic (exact) mass is 492 g/mol. The fourth-order valence-electron chi connectivity index (χ4n) is 4.87. The Bertz CT molecular complexity index is 1210. The smallest absolute Gasteiger partial charge is 0.272 e. The molecule has 0 aliphatic carbocycles. The Labute approximate surface area is 213 Å². The Morgan fingerprint density at radius 2 is 1.86 bits per heavy atom. The summed E-state index contributed by atoms with van der Waals surface area (Å²) in [4.78, 5) is 15.4. The Morgan fingerprint density at radius 3 is 2.58 bits per heavy atom. The van der Waals surface area contributed by atoms with Crippen molar-refractivity contribution in [2.24, 2.45) is 0 Å². The predicted molar refractivity (Wildman–Crippen MR) is 139 cm³/mol. The van der Waals surface area contributed by atoms with E-state index >= 15 is 0 Å². The number of rotatable bonds is 10. The summed E-state index contributed by atoms with van der Waals surface area (Å²) in [7, 11) is 4.97. The van der Waals surface area contributed by atoms with Gasteiger partial charge in [-0.2, -0.15) is 5.10 Å². The Morgan fingerprint density at radius 1 is 1.06 bits per heavy atom. The SMILES string of the molecule is CCNC(=O)c1nn(Cc2cccc(OC)c2)c2c1CN(C(C)Cc1ccc(OC)c(OC)c1)CC2. The Balaban J connectivity index is 1.57. The van der Waals surface area contributed by atoms with Crippen LogP contribution in [0.4, 0.5) is 0 Å². The van der Waals surface area contributed by atoms with Gasteiger partial charge < -0.3 is 19.5 Å². The van der Waals surface area contributed by atoms with Crippen LogP contribution in [-0.2, 0) is 25.9 Å². The van der Waals surface area contributed by atoms with Crippen LogP contribution < -0.4 is 19.5 Å². The van der Waals surface area contributed by atoms with Crippen LogP contribution in [0.3, 0.4) is 0 Å². The van der Waals surface area contributed by atoms with Gasteiger partial charge in [0.2, 0.25) is 0 Å². The minimum atomic E-state index is -0.118. The van der Waals surface area contributed by atoms with E-state index in [2.05, 4.69) is 29.3 Å². The van der Waals surface area contributed by atoms with E-state index in [0.717, 1.165) is 53.5 Å². The van der Waals surface area contributed by atoms with E-state index < -0.39 is 0 Å². The van der Waals surface area contributed by atoms with E-state index in [1.807, 2.05) is 41.9 Å². The van der Waals surface area contributed by atoms with Gasteiger partial charge in [0.15, 0.2) is 17.2 Å². The molecular weight excluding hydrogens is 456 g/mol. The van der Waals surface area contributed by atoms with Crippen LogP contribution in [0.25, 0.3) is 0 Å². The van der Waals surface area contributed by atoms with Crippen molar-refractivity contribution in [3.8, 4) is 17.2 Å². The van der Waals surface area contributed by atoms with Crippen LogP contribution in [0.2, 0.25) is 0 Å². The van der Waals surface area contributed by atoms with Crippen molar-refractivity contribution < 1.29 is 19.0 Å². The number of hydrogen-bond acceptors (Lipinski definition) is 6. The quantitative estimate of drug-likeness (QED) is 0.465. The first kappa shape index (κ1) is 25.6. The van der Waals surface area contributed by atoms with E-state index in [-0.39, 0.29) is 11.9 Å². The zero-order valence-electron chi connectivity index (χ0n) is 21.8. The molecule has 0 bridgehead atoms. The van der Waals surface area contributed by atoms with Gasteiger partial charge in [-0.05, 0) is 55.7 Å². The van der Waals surface area contributed by atoms with Crippen LogP contribution in [0.15, 0.2) is 42.5 Å². The number of benzene rings is 2. The van der Waals surface area contributed by atoms with E-state index in [1.54, 1.807) is 21.3 Å². The first-order valence-electron chi connectivity index (χ1n) is 12.4. The summed E-state index contributed by atoms with van der Waals surface area (Å²) in [5.41, 5.74) is 4.95. The molecule has 8 nitrogen and oxygen atoms in total. The second kappa shape index (κ2) is 11.5. The van der Waals surface area contributed by atoms with Gasteiger partial charge in [-0.1, -0.05) is 18.2 Å². The summed E-state index contributed by atoms with van der Waals surface area (Å²) in [6, 6.07) is 14.3. The van der Waals surface area contributed by atoms with Crippen LogP contribution in [0.5, 0.6) is 17.2 Å². The lowest BCUT2D eigenvalue weighted by Gasteiger charge is -2.33. The van der Waals surface area contributed by atoms with Crippen molar-refractivity contribution in [3.63, 3.8) is 0 Å². The molecule has 192 valence electrons. The van der Waals surface area contributed by atoms with E-state index in [9.17, 15) is 4.79 Å². The molecule has 1 unspecified atom stereocenters. The number of amides is 1. The lowest BCUT2D eigenvalue weighted by molar-refractivity contribution is 0.0946. The topological polar surface area (TPSA) is 77.9 Å². The number of nitrogens with zero attached hydrogens (tertiary/aromatic N) is 3. The van der Waals surface area contributed by atoms with Gasteiger partial charge >= 0.3 is 0 Å². The van der Waals surface area contributed by atoms with Gasteiger partial charge in [0.25, 0.3) is 5.91 Å². The molecule has 0 spiro atoms. The largest absolute Gasteiger partial charge is 0.497 e. The number of aromatic nitrogens is 2. The van der Waals surface area contributed by atoms with E-state index in [0.29, 0.717) is 25.3 Å². The molecule has 1 amide bonds. The van der Waals surface area contributed by atoms with E-state index in [1.165, 1.54) is 5.56 Å². The Kier molecular flexibility index (Phi) is 8.15. The average Bonchev–Trinajstić information content (AvgIpc) is 3.26. The number of ether oxygens (including phenoxy) is 3. The summed E-state index contributed by atoms with van der Waals surface area (Å²) in [6.45, 7) is 6.91. The molecule has 0 fully saturated rings. The summed E-state index contributed by atoms with van der Waals surface area (Å²) in [5.74, 6) is 2.16. The number of methoxy groups -OCH3 is 3. The molecule has 2 aromatic carbocycles. The molecule has 1 N–H and O–H groups in total. The zero-order valence-corrected chi connectivity index (χ0v) is 21.8. The van der Waals surface area contributed by atoms with Gasteiger partial charge in [-0.25, -0.2) is 0 Å². The summed E-state index contributed by atoms with van der Waals surface area (Å²) >= 11 is 0. The minimum absolute atomic E-state index is 0.118. The van der Waals surface area contributed by atoms with Crippen molar-refractivity contribution in [1.82, 2.24) is 20.0 Å². The van der Waals surface area contributed by atoms with Crippen molar-refractivity contribution in [2.75, 3.05) is 34.4 Å². The second-order valence-electron chi connectivity index (χ2n) is 9.11. The third kappa shape index (κ3) is 5.49. The molecule has 8 heteroatoms. The van der Waals surface area contributed by atoms with Crippen molar-refractivity contribution in [3.05, 3.63) is 70.5 Å². The van der Waals surface area contributed by atoms with Gasteiger partial charge in [-0.3, -0.25) is 14.4 Å². The highest BCUT2D eigenvalue weighted by Gasteiger charge is 2.30. The molecular formula is C28H36N4O4. The third-order valence-electron chi connectivity index (χ3n) is 6.78. The van der Waals surface area contributed by atoms with Crippen LogP contribution >= 0.6 is 0 Å². The Hall–Kier alpha value is -3.52. The van der Waals surface area contributed by atoms with Crippen molar-refractivity contribution in [1.29, 1.82) is 0 Å². The molecule has 1 aliphatic rings. The molecule has 1 aromatic heterocycles. The first-order valence-corrected chi connectivity index (χ1v) is 12.4. The predicted octanol–water partition coefficient (Wildman–Crippen LogP) is 3.70. The van der Waals surface area contributed by atoms with Crippen molar-refractivity contribution in [2.45, 2.75) is 45.8 Å². The summed E-state index contributed by atoms with van der Waals surface area (Å²) in [6.07, 6.45) is 1.70. The van der Waals surface area contributed by atoms with Crippen LogP contribution in [0.1, 0.15) is 46.7 Å². The van der Waals surface area contributed by atoms with E-state index in [4.69, 9.17) is 19.3 Å². The highest BCUT2D eigenvalue weighted by atomic mass is 16.5. The second-order valence-corrected chi connectivity index (χ2v) is 9.11. The number of nitrogens with one attached hydrogen (secondary N) is 1. The number of carbonyl (C=O) groups excluding carboxylic acids is 1. The maximum atomic E-state index is 12.9. The summed E-state index contributed by atoms with van der Waals surface area (Å²) < 4.78 is 18.2. The third-order valence-corrected chi connectivity index (χ3v) is 6.78. The zero-order chi connectivity index (χ0) is 25.7.